The fraction of sp³-hybridized carbons (Fsp3) is 0.250. The first kappa shape index (κ1) is 11.0. The molecular formula is C12H12O3S. The number of methoxy groups -OCH3 is 1. The summed E-state index contributed by atoms with van der Waals surface area (Å²) in [5.74, 6) is 0.0457. The first-order valence-corrected chi connectivity index (χ1v) is 5.77. The zero-order valence-corrected chi connectivity index (χ0v) is 9.93. The number of thiophene rings is 1. The molecule has 1 N–H and O–H groups in total. The Balaban J connectivity index is 2.50. The minimum absolute atomic E-state index is 0.245. The maximum absolute atomic E-state index is 11.2. The number of phenolic OH excluding ortho intramolecular Hbond substituents is 1. The molecule has 1 heterocycles. The lowest BCUT2D eigenvalue weighted by Gasteiger charge is -2.01. The van der Waals surface area contributed by atoms with Crippen LogP contribution in [0.1, 0.15) is 11.1 Å². The molecule has 4 heteroatoms. The number of aryl methyl sites for hydroxylation is 1. The average molecular weight is 236 g/mol. The van der Waals surface area contributed by atoms with Gasteiger partial charge in [-0.15, -0.1) is 11.3 Å². The Labute approximate surface area is 97.3 Å². The summed E-state index contributed by atoms with van der Waals surface area (Å²) in [5.41, 5.74) is 1.81. The highest BCUT2D eigenvalue weighted by molar-refractivity contribution is 7.17. The number of esters is 1. The summed E-state index contributed by atoms with van der Waals surface area (Å²) in [6, 6.07) is 3.50. The van der Waals surface area contributed by atoms with Gasteiger partial charge in [0.15, 0.2) is 0 Å². The predicted molar refractivity (Wildman–Crippen MR) is 63.9 cm³/mol. The van der Waals surface area contributed by atoms with Gasteiger partial charge >= 0.3 is 5.97 Å². The maximum Gasteiger partial charge on any atom is 0.310 e. The highest BCUT2D eigenvalue weighted by atomic mass is 32.1. The summed E-state index contributed by atoms with van der Waals surface area (Å²) in [7, 11) is 1.38. The van der Waals surface area contributed by atoms with Crippen LogP contribution in [0, 0.1) is 6.92 Å². The minimum atomic E-state index is -0.245. The second kappa shape index (κ2) is 4.14. The van der Waals surface area contributed by atoms with Crippen LogP contribution in [-0.2, 0) is 16.0 Å². The average Bonchev–Trinajstić information content (AvgIpc) is 2.67. The van der Waals surface area contributed by atoms with Crippen LogP contribution in [0.5, 0.6) is 5.75 Å². The van der Waals surface area contributed by atoms with Crippen molar-refractivity contribution in [1.82, 2.24) is 0 Å². The van der Waals surface area contributed by atoms with Gasteiger partial charge in [-0.1, -0.05) is 0 Å². The van der Waals surface area contributed by atoms with Crippen LogP contribution in [-0.4, -0.2) is 18.2 Å². The molecule has 3 nitrogen and oxygen atoms in total. The Bertz CT molecular complexity index is 542. The molecule has 2 aromatic rings. The highest BCUT2D eigenvalue weighted by Crippen LogP contribution is 2.33. The second-order valence-electron chi connectivity index (χ2n) is 3.60. The molecule has 1 aromatic heterocycles. The Morgan fingerprint density at radius 2 is 2.25 bits per heavy atom. The fourth-order valence-corrected chi connectivity index (χ4v) is 2.72. The van der Waals surface area contributed by atoms with Crippen molar-refractivity contribution in [1.29, 1.82) is 0 Å². The van der Waals surface area contributed by atoms with Gasteiger partial charge in [0.05, 0.1) is 13.5 Å². The molecular weight excluding hydrogens is 224 g/mol. The van der Waals surface area contributed by atoms with Gasteiger partial charge in [-0.25, -0.2) is 0 Å². The highest BCUT2D eigenvalue weighted by Gasteiger charge is 2.11. The predicted octanol–water partition coefficient (Wildman–Crippen LogP) is 2.63. The van der Waals surface area contributed by atoms with E-state index in [2.05, 4.69) is 4.74 Å². The Morgan fingerprint density at radius 1 is 1.50 bits per heavy atom. The number of phenols is 1. The summed E-state index contributed by atoms with van der Waals surface area (Å²) in [6.07, 6.45) is 0.278. The van der Waals surface area contributed by atoms with E-state index in [9.17, 15) is 9.90 Å². The van der Waals surface area contributed by atoms with Crippen molar-refractivity contribution in [2.75, 3.05) is 7.11 Å². The first-order valence-electron chi connectivity index (χ1n) is 4.89. The molecule has 0 saturated carbocycles. The Hall–Kier alpha value is -1.55. The smallest absolute Gasteiger partial charge is 0.310 e. The molecule has 0 radical (unpaired) electrons. The molecule has 0 bridgehead atoms. The van der Waals surface area contributed by atoms with Gasteiger partial charge in [-0.2, -0.15) is 0 Å². The van der Waals surface area contributed by atoms with E-state index in [1.165, 1.54) is 18.4 Å². The standard InChI is InChI=1S/C12H12O3S/c1-7-10(13)4-3-9-8(5-11(14)15-2)6-16-12(7)9/h3-4,6,13H,5H2,1-2H3. The summed E-state index contributed by atoms with van der Waals surface area (Å²) in [4.78, 5) is 11.2. The van der Waals surface area contributed by atoms with Crippen molar-refractivity contribution in [2.45, 2.75) is 13.3 Å². The fourth-order valence-electron chi connectivity index (χ4n) is 1.64. The quantitative estimate of drug-likeness (QED) is 0.815. The third-order valence-corrected chi connectivity index (χ3v) is 3.77. The topological polar surface area (TPSA) is 46.5 Å². The van der Waals surface area contributed by atoms with E-state index in [0.29, 0.717) is 5.75 Å². The number of aromatic hydroxyl groups is 1. The summed E-state index contributed by atoms with van der Waals surface area (Å²) in [6.45, 7) is 1.87. The van der Waals surface area contributed by atoms with Gasteiger partial charge in [0.1, 0.15) is 5.75 Å². The van der Waals surface area contributed by atoms with Crippen LogP contribution >= 0.6 is 11.3 Å². The van der Waals surface area contributed by atoms with E-state index in [1.54, 1.807) is 6.07 Å². The van der Waals surface area contributed by atoms with Crippen LogP contribution in [0.15, 0.2) is 17.5 Å². The molecule has 0 spiro atoms. The van der Waals surface area contributed by atoms with E-state index in [1.807, 2.05) is 18.4 Å². The molecule has 0 aliphatic rings. The van der Waals surface area contributed by atoms with E-state index in [0.717, 1.165) is 21.2 Å². The maximum atomic E-state index is 11.2. The summed E-state index contributed by atoms with van der Waals surface area (Å²) < 4.78 is 5.67. The second-order valence-corrected chi connectivity index (χ2v) is 4.48. The third kappa shape index (κ3) is 1.76. The molecule has 0 fully saturated rings. The van der Waals surface area contributed by atoms with E-state index in [-0.39, 0.29) is 12.4 Å². The number of benzene rings is 1. The Morgan fingerprint density at radius 3 is 2.94 bits per heavy atom. The van der Waals surface area contributed by atoms with Gasteiger partial charge in [-0.3, -0.25) is 4.79 Å². The largest absolute Gasteiger partial charge is 0.508 e. The van der Waals surface area contributed by atoms with Gasteiger partial charge in [-0.05, 0) is 35.4 Å². The number of carbonyl (C=O) groups is 1. The molecule has 16 heavy (non-hydrogen) atoms. The van der Waals surface area contributed by atoms with E-state index < -0.39 is 0 Å². The molecule has 0 amide bonds. The molecule has 0 unspecified atom stereocenters. The lowest BCUT2D eigenvalue weighted by Crippen LogP contribution is -2.03. The van der Waals surface area contributed by atoms with E-state index in [4.69, 9.17) is 0 Å². The summed E-state index contributed by atoms with van der Waals surface area (Å²) >= 11 is 1.54. The summed E-state index contributed by atoms with van der Waals surface area (Å²) in [5, 5.41) is 12.5. The molecule has 1 aromatic carbocycles. The van der Waals surface area contributed by atoms with Crippen LogP contribution in [0.3, 0.4) is 0 Å². The molecule has 0 saturated heterocycles. The number of hydrogen-bond acceptors (Lipinski definition) is 4. The van der Waals surface area contributed by atoms with Gasteiger partial charge in [0.2, 0.25) is 0 Å². The number of ether oxygens (including phenoxy) is 1. The van der Waals surface area contributed by atoms with Crippen molar-refractivity contribution in [3.05, 3.63) is 28.6 Å². The van der Waals surface area contributed by atoms with Crippen LogP contribution < -0.4 is 0 Å². The lowest BCUT2D eigenvalue weighted by atomic mass is 10.1. The first-order chi connectivity index (χ1) is 7.63. The molecule has 0 aliphatic heterocycles. The SMILES string of the molecule is COC(=O)Cc1csc2c(C)c(O)ccc12. The minimum Gasteiger partial charge on any atom is -0.508 e. The third-order valence-electron chi connectivity index (χ3n) is 2.60. The van der Waals surface area contributed by atoms with Crippen molar-refractivity contribution in [2.24, 2.45) is 0 Å². The zero-order valence-electron chi connectivity index (χ0n) is 9.11. The number of fused-ring (bicyclic) bond motifs is 1. The van der Waals surface area contributed by atoms with Crippen LogP contribution in [0.4, 0.5) is 0 Å². The van der Waals surface area contributed by atoms with Gasteiger partial charge < -0.3 is 9.84 Å². The van der Waals surface area contributed by atoms with Crippen LogP contribution in [0.25, 0.3) is 10.1 Å². The number of hydrogen-bond donors (Lipinski definition) is 1. The van der Waals surface area contributed by atoms with Crippen LogP contribution in [0.2, 0.25) is 0 Å². The van der Waals surface area contributed by atoms with Crippen molar-refractivity contribution in [3.8, 4) is 5.75 Å². The van der Waals surface area contributed by atoms with Crippen molar-refractivity contribution in [3.63, 3.8) is 0 Å². The normalized spacial score (nSPS) is 10.6. The lowest BCUT2D eigenvalue weighted by molar-refractivity contribution is -0.139. The zero-order chi connectivity index (χ0) is 11.7. The van der Waals surface area contributed by atoms with Crippen molar-refractivity contribution >= 4 is 27.4 Å². The monoisotopic (exact) mass is 236 g/mol. The Kier molecular flexibility index (Phi) is 2.83. The number of carbonyl (C=O) groups excluding carboxylic acids is 1. The number of rotatable bonds is 2. The molecule has 84 valence electrons. The molecule has 0 atom stereocenters. The van der Waals surface area contributed by atoms with Gasteiger partial charge in [0.25, 0.3) is 0 Å². The molecule has 2 rings (SSSR count). The van der Waals surface area contributed by atoms with E-state index >= 15 is 0 Å². The molecule has 0 aliphatic carbocycles. The van der Waals surface area contributed by atoms with Gasteiger partial charge in [0, 0.05) is 10.3 Å². The van der Waals surface area contributed by atoms with Crippen molar-refractivity contribution < 1.29 is 14.6 Å².